The van der Waals surface area contributed by atoms with Gasteiger partial charge >= 0.3 is 0 Å². The predicted octanol–water partition coefficient (Wildman–Crippen LogP) is 1.38. The van der Waals surface area contributed by atoms with Crippen molar-refractivity contribution in [2.24, 2.45) is 0 Å². The van der Waals surface area contributed by atoms with E-state index in [4.69, 9.17) is 0 Å². The summed E-state index contributed by atoms with van der Waals surface area (Å²) < 4.78 is 0. The standard InChI is InChI=1S/C8H11N3/c1-3-4-9-8-5-7(2)10-6-11-8/h3,5-6H,1,4H2,2H3,(H,9,10,11). The number of anilines is 1. The first-order chi connectivity index (χ1) is 5.33. The molecule has 1 N–H and O–H groups in total. The first kappa shape index (κ1) is 7.72. The van der Waals surface area contributed by atoms with E-state index in [1.54, 1.807) is 12.4 Å². The Morgan fingerprint density at radius 3 is 3.09 bits per heavy atom. The van der Waals surface area contributed by atoms with Gasteiger partial charge in [-0.2, -0.15) is 0 Å². The molecule has 0 saturated heterocycles. The minimum absolute atomic E-state index is 0.733. The van der Waals surface area contributed by atoms with E-state index in [1.165, 1.54) is 0 Å². The van der Waals surface area contributed by atoms with Crippen molar-refractivity contribution in [1.29, 1.82) is 0 Å². The molecule has 0 atom stereocenters. The van der Waals surface area contributed by atoms with Crippen LogP contribution in [-0.2, 0) is 0 Å². The lowest BCUT2D eigenvalue weighted by Gasteiger charge is -2.00. The van der Waals surface area contributed by atoms with Gasteiger partial charge < -0.3 is 5.32 Å². The average Bonchev–Trinajstić information content (AvgIpc) is 2.01. The van der Waals surface area contributed by atoms with Gasteiger partial charge in [0.15, 0.2) is 0 Å². The van der Waals surface area contributed by atoms with E-state index in [0.29, 0.717) is 0 Å². The van der Waals surface area contributed by atoms with Crippen LogP contribution in [0.2, 0.25) is 0 Å². The summed E-state index contributed by atoms with van der Waals surface area (Å²) in [5, 5.41) is 3.07. The monoisotopic (exact) mass is 149 g/mol. The molecule has 0 saturated carbocycles. The maximum absolute atomic E-state index is 4.01. The molecule has 0 radical (unpaired) electrons. The lowest BCUT2D eigenvalue weighted by Crippen LogP contribution is -2.00. The molecule has 3 heteroatoms. The Morgan fingerprint density at radius 2 is 2.45 bits per heavy atom. The van der Waals surface area contributed by atoms with Crippen molar-refractivity contribution >= 4 is 5.82 Å². The van der Waals surface area contributed by atoms with Crippen molar-refractivity contribution in [3.63, 3.8) is 0 Å². The molecule has 0 aliphatic heterocycles. The van der Waals surface area contributed by atoms with Crippen molar-refractivity contribution < 1.29 is 0 Å². The van der Waals surface area contributed by atoms with Crippen molar-refractivity contribution in [3.8, 4) is 0 Å². The van der Waals surface area contributed by atoms with Crippen LogP contribution in [0.5, 0.6) is 0 Å². The Hall–Kier alpha value is -1.38. The first-order valence-corrected chi connectivity index (χ1v) is 3.46. The largest absolute Gasteiger partial charge is 0.367 e. The zero-order valence-electron chi connectivity index (χ0n) is 6.54. The molecular weight excluding hydrogens is 138 g/mol. The smallest absolute Gasteiger partial charge is 0.129 e. The Bertz CT molecular complexity index is 245. The molecule has 11 heavy (non-hydrogen) atoms. The number of aromatic nitrogens is 2. The van der Waals surface area contributed by atoms with Crippen molar-refractivity contribution in [3.05, 3.63) is 30.7 Å². The second kappa shape index (κ2) is 3.71. The lowest BCUT2D eigenvalue weighted by molar-refractivity contribution is 1.09. The van der Waals surface area contributed by atoms with Gasteiger partial charge in [0.05, 0.1) is 0 Å². The van der Waals surface area contributed by atoms with Crippen LogP contribution in [-0.4, -0.2) is 16.5 Å². The highest BCUT2D eigenvalue weighted by molar-refractivity contribution is 5.34. The number of aryl methyl sites for hydroxylation is 1. The van der Waals surface area contributed by atoms with Gasteiger partial charge in [-0.1, -0.05) is 6.08 Å². The van der Waals surface area contributed by atoms with Crippen LogP contribution >= 0.6 is 0 Å². The average molecular weight is 149 g/mol. The molecule has 0 bridgehead atoms. The fraction of sp³-hybridized carbons (Fsp3) is 0.250. The third-order valence-corrected chi connectivity index (χ3v) is 1.23. The summed E-state index contributed by atoms with van der Waals surface area (Å²) in [6.45, 7) is 6.26. The number of nitrogens with one attached hydrogen (secondary N) is 1. The lowest BCUT2D eigenvalue weighted by atomic mass is 10.4. The van der Waals surface area contributed by atoms with E-state index >= 15 is 0 Å². The summed E-state index contributed by atoms with van der Waals surface area (Å²) in [5.74, 6) is 0.845. The molecule has 1 aromatic rings. The van der Waals surface area contributed by atoms with Gasteiger partial charge in [-0.15, -0.1) is 6.58 Å². The van der Waals surface area contributed by atoms with Crippen LogP contribution in [0, 0.1) is 6.92 Å². The highest BCUT2D eigenvalue weighted by atomic mass is 15.0. The van der Waals surface area contributed by atoms with E-state index in [9.17, 15) is 0 Å². The van der Waals surface area contributed by atoms with Gasteiger partial charge in [0.2, 0.25) is 0 Å². The quantitative estimate of drug-likeness (QED) is 0.660. The Kier molecular flexibility index (Phi) is 2.60. The molecule has 1 aromatic heterocycles. The Labute approximate surface area is 66.2 Å². The van der Waals surface area contributed by atoms with Crippen LogP contribution in [0.15, 0.2) is 25.0 Å². The molecule has 0 aliphatic rings. The second-order valence-corrected chi connectivity index (χ2v) is 2.21. The van der Waals surface area contributed by atoms with Crippen molar-refractivity contribution in [2.75, 3.05) is 11.9 Å². The molecule has 1 rings (SSSR count). The summed E-state index contributed by atoms with van der Waals surface area (Å²) in [5.41, 5.74) is 0.964. The number of hydrogen-bond donors (Lipinski definition) is 1. The molecule has 0 unspecified atom stereocenters. The summed E-state index contributed by atoms with van der Waals surface area (Å²) in [7, 11) is 0. The highest BCUT2D eigenvalue weighted by Gasteiger charge is 1.90. The molecule has 0 amide bonds. The van der Waals surface area contributed by atoms with Gasteiger partial charge in [-0.05, 0) is 6.92 Å². The van der Waals surface area contributed by atoms with Crippen LogP contribution in [0.25, 0.3) is 0 Å². The second-order valence-electron chi connectivity index (χ2n) is 2.21. The van der Waals surface area contributed by atoms with Gasteiger partial charge in [0.1, 0.15) is 12.1 Å². The maximum Gasteiger partial charge on any atom is 0.129 e. The highest BCUT2D eigenvalue weighted by Crippen LogP contribution is 2.00. The molecule has 58 valence electrons. The fourth-order valence-electron chi connectivity index (χ4n) is 0.728. The van der Waals surface area contributed by atoms with Crippen LogP contribution in [0.3, 0.4) is 0 Å². The number of hydrogen-bond acceptors (Lipinski definition) is 3. The Balaban J connectivity index is 2.63. The first-order valence-electron chi connectivity index (χ1n) is 3.46. The maximum atomic E-state index is 4.01. The van der Waals surface area contributed by atoms with Gasteiger partial charge in [-0.3, -0.25) is 0 Å². The molecule has 0 fully saturated rings. The van der Waals surface area contributed by atoms with Crippen LogP contribution < -0.4 is 5.32 Å². The van der Waals surface area contributed by atoms with Crippen molar-refractivity contribution in [2.45, 2.75) is 6.92 Å². The molecule has 0 spiro atoms. The molecule has 0 aliphatic carbocycles. The third-order valence-electron chi connectivity index (χ3n) is 1.23. The minimum Gasteiger partial charge on any atom is -0.367 e. The zero-order valence-corrected chi connectivity index (χ0v) is 6.54. The zero-order chi connectivity index (χ0) is 8.10. The molecule has 3 nitrogen and oxygen atoms in total. The predicted molar refractivity (Wildman–Crippen MR) is 45.5 cm³/mol. The summed E-state index contributed by atoms with van der Waals surface area (Å²) in [6, 6.07) is 1.89. The topological polar surface area (TPSA) is 37.8 Å². The summed E-state index contributed by atoms with van der Waals surface area (Å²) in [4.78, 5) is 7.98. The minimum atomic E-state index is 0.733. The summed E-state index contributed by atoms with van der Waals surface area (Å²) in [6.07, 6.45) is 3.33. The van der Waals surface area contributed by atoms with Gasteiger partial charge in [0, 0.05) is 18.3 Å². The normalized spacial score (nSPS) is 9.18. The summed E-state index contributed by atoms with van der Waals surface area (Å²) >= 11 is 0. The van der Waals surface area contributed by atoms with E-state index in [-0.39, 0.29) is 0 Å². The van der Waals surface area contributed by atoms with Gasteiger partial charge in [0.25, 0.3) is 0 Å². The van der Waals surface area contributed by atoms with E-state index in [2.05, 4.69) is 21.9 Å². The third kappa shape index (κ3) is 2.37. The van der Waals surface area contributed by atoms with Crippen LogP contribution in [0.1, 0.15) is 5.69 Å². The number of rotatable bonds is 3. The fourth-order valence-corrected chi connectivity index (χ4v) is 0.728. The van der Waals surface area contributed by atoms with Gasteiger partial charge in [-0.25, -0.2) is 9.97 Å². The van der Waals surface area contributed by atoms with Crippen LogP contribution in [0.4, 0.5) is 5.82 Å². The van der Waals surface area contributed by atoms with Crippen molar-refractivity contribution in [1.82, 2.24) is 9.97 Å². The molecule has 1 heterocycles. The van der Waals surface area contributed by atoms with E-state index in [0.717, 1.165) is 18.1 Å². The van der Waals surface area contributed by atoms with E-state index in [1.807, 2.05) is 13.0 Å². The number of nitrogens with zero attached hydrogens (tertiary/aromatic N) is 2. The SMILES string of the molecule is C=CCNc1cc(C)ncn1. The molecular formula is C8H11N3. The molecule has 0 aromatic carbocycles. The van der Waals surface area contributed by atoms with E-state index < -0.39 is 0 Å². The Morgan fingerprint density at radius 1 is 1.64 bits per heavy atom.